The molecule has 100 valence electrons. The maximum atomic E-state index is 12.3. The SMILES string of the molecule is CC(NC(=O)c1ccc2ncsc2c1)c1ccncc1. The molecule has 0 spiro atoms. The van der Waals surface area contributed by atoms with E-state index in [1.807, 2.05) is 31.2 Å². The van der Waals surface area contributed by atoms with E-state index in [0.717, 1.165) is 15.8 Å². The second-order valence-corrected chi connectivity index (χ2v) is 5.40. The topological polar surface area (TPSA) is 54.9 Å². The zero-order chi connectivity index (χ0) is 13.9. The number of rotatable bonds is 3. The summed E-state index contributed by atoms with van der Waals surface area (Å²) in [5.41, 5.74) is 4.40. The van der Waals surface area contributed by atoms with Gasteiger partial charge in [-0.25, -0.2) is 4.98 Å². The average Bonchev–Trinajstić information content (AvgIpc) is 2.95. The van der Waals surface area contributed by atoms with Gasteiger partial charge in [0.2, 0.25) is 0 Å². The molecule has 1 N–H and O–H groups in total. The number of carbonyl (C=O) groups is 1. The van der Waals surface area contributed by atoms with Gasteiger partial charge in [0.05, 0.1) is 21.8 Å². The van der Waals surface area contributed by atoms with Crippen LogP contribution in [0.2, 0.25) is 0 Å². The van der Waals surface area contributed by atoms with Gasteiger partial charge in [-0.15, -0.1) is 11.3 Å². The number of amides is 1. The summed E-state index contributed by atoms with van der Waals surface area (Å²) in [5, 5.41) is 2.99. The Kier molecular flexibility index (Phi) is 3.43. The molecule has 2 aromatic heterocycles. The van der Waals surface area contributed by atoms with Crippen molar-refractivity contribution in [1.82, 2.24) is 15.3 Å². The minimum Gasteiger partial charge on any atom is -0.346 e. The van der Waals surface area contributed by atoms with Crippen LogP contribution >= 0.6 is 11.3 Å². The first-order chi connectivity index (χ1) is 9.74. The number of hydrogen-bond donors (Lipinski definition) is 1. The van der Waals surface area contributed by atoms with E-state index in [9.17, 15) is 4.79 Å². The van der Waals surface area contributed by atoms with E-state index in [1.54, 1.807) is 24.0 Å². The number of nitrogens with zero attached hydrogens (tertiary/aromatic N) is 2. The molecule has 0 saturated carbocycles. The fourth-order valence-electron chi connectivity index (χ4n) is 2.01. The molecule has 1 unspecified atom stereocenters. The van der Waals surface area contributed by atoms with E-state index < -0.39 is 0 Å². The third-order valence-electron chi connectivity index (χ3n) is 3.15. The lowest BCUT2D eigenvalue weighted by atomic mass is 10.1. The number of thiazole rings is 1. The quantitative estimate of drug-likeness (QED) is 0.803. The van der Waals surface area contributed by atoms with Crippen LogP contribution < -0.4 is 5.32 Å². The summed E-state index contributed by atoms with van der Waals surface area (Å²) < 4.78 is 1.02. The number of pyridine rings is 1. The molecule has 1 atom stereocenters. The third-order valence-corrected chi connectivity index (χ3v) is 3.94. The fourth-order valence-corrected chi connectivity index (χ4v) is 2.73. The molecule has 0 bridgehead atoms. The van der Waals surface area contributed by atoms with Crippen LogP contribution in [0.25, 0.3) is 10.2 Å². The molecule has 0 aliphatic heterocycles. The molecule has 0 saturated heterocycles. The Labute approximate surface area is 120 Å². The number of aromatic nitrogens is 2. The van der Waals surface area contributed by atoms with Gasteiger partial charge < -0.3 is 5.32 Å². The highest BCUT2D eigenvalue weighted by molar-refractivity contribution is 7.16. The highest BCUT2D eigenvalue weighted by Crippen LogP contribution is 2.19. The Morgan fingerprint density at radius 1 is 1.25 bits per heavy atom. The lowest BCUT2D eigenvalue weighted by Gasteiger charge is -2.14. The molecule has 4 nitrogen and oxygen atoms in total. The summed E-state index contributed by atoms with van der Waals surface area (Å²) >= 11 is 1.53. The van der Waals surface area contributed by atoms with Gasteiger partial charge >= 0.3 is 0 Å². The van der Waals surface area contributed by atoms with Gasteiger partial charge in [-0.3, -0.25) is 9.78 Å². The summed E-state index contributed by atoms with van der Waals surface area (Å²) in [5.74, 6) is -0.0791. The summed E-state index contributed by atoms with van der Waals surface area (Å²) in [4.78, 5) is 20.4. The smallest absolute Gasteiger partial charge is 0.251 e. The zero-order valence-electron chi connectivity index (χ0n) is 10.9. The number of benzene rings is 1. The number of hydrogen-bond acceptors (Lipinski definition) is 4. The first-order valence-electron chi connectivity index (χ1n) is 6.28. The van der Waals surface area contributed by atoms with E-state index in [0.29, 0.717) is 5.56 Å². The van der Waals surface area contributed by atoms with Crippen LogP contribution in [0.1, 0.15) is 28.9 Å². The lowest BCUT2D eigenvalue weighted by molar-refractivity contribution is 0.0940. The van der Waals surface area contributed by atoms with E-state index >= 15 is 0 Å². The Morgan fingerprint density at radius 3 is 2.85 bits per heavy atom. The molecule has 3 rings (SSSR count). The molecule has 0 fully saturated rings. The second-order valence-electron chi connectivity index (χ2n) is 4.51. The lowest BCUT2D eigenvalue weighted by Crippen LogP contribution is -2.26. The third kappa shape index (κ3) is 2.53. The predicted molar refractivity (Wildman–Crippen MR) is 79.7 cm³/mol. The van der Waals surface area contributed by atoms with Crippen LogP contribution in [0.3, 0.4) is 0 Å². The van der Waals surface area contributed by atoms with Gasteiger partial charge in [0.1, 0.15) is 0 Å². The van der Waals surface area contributed by atoms with Crippen molar-refractivity contribution in [2.75, 3.05) is 0 Å². The van der Waals surface area contributed by atoms with E-state index in [4.69, 9.17) is 0 Å². The Bertz CT molecular complexity index is 739. The Morgan fingerprint density at radius 2 is 2.05 bits per heavy atom. The Balaban J connectivity index is 1.78. The van der Waals surface area contributed by atoms with Crippen molar-refractivity contribution in [3.8, 4) is 0 Å². The molecule has 0 aliphatic carbocycles. The minimum absolute atomic E-state index is 0.0531. The summed E-state index contributed by atoms with van der Waals surface area (Å²) in [7, 11) is 0. The first-order valence-corrected chi connectivity index (χ1v) is 7.16. The normalized spacial score (nSPS) is 12.2. The predicted octanol–water partition coefficient (Wildman–Crippen LogP) is 3.18. The number of nitrogens with one attached hydrogen (secondary N) is 1. The zero-order valence-corrected chi connectivity index (χ0v) is 11.7. The van der Waals surface area contributed by atoms with Crippen LogP contribution in [0.4, 0.5) is 0 Å². The fraction of sp³-hybridized carbons (Fsp3) is 0.133. The first kappa shape index (κ1) is 12.7. The molecular weight excluding hydrogens is 270 g/mol. The van der Waals surface area contributed by atoms with Crippen molar-refractivity contribution in [2.24, 2.45) is 0 Å². The van der Waals surface area contributed by atoms with Crippen molar-refractivity contribution in [1.29, 1.82) is 0 Å². The van der Waals surface area contributed by atoms with E-state index in [-0.39, 0.29) is 11.9 Å². The maximum Gasteiger partial charge on any atom is 0.251 e. The summed E-state index contributed by atoms with van der Waals surface area (Å²) in [6.07, 6.45) is 3.45. The molecule has 5 heteroatoms. The monoisotopic (exact) mass is 283 g/mol. The van der Waals surface area contributed by atoms with Gasteiger partial charge in [-0.05, 0) is 42.8 Å². The average molecular weight is 283 g/mol. The molecule has 1 aromatic carbocycles. The second kappa shape index (κ2) is 5.38. The summed E-state index contributed by atoms with van der Waals surface area (Å²) in [6, 6.07) is 9.30. The largest absolute Gasteiger partial charge is 0.346 e. The number of carbonyl (C=O) groups excluding carboxylic acids is 1. The molecule has 3 aromatic rings. The van der Waals surface area contributed by atoms with Crippen LogP contribution in [-0.4, -0.2) is 15.9 Å². The molecule has 0 aliphatic rings. The Hall–Kier alpha value is -2.27. The molecule has 20 heavy (non-hydrogen) atoms. The highest BCUT2D eigenvalue weighted by atomic mass is 32.1. The van der Waals surface area contributed by atoms with E-state index in [1.165, 1.54) is 11.3 Å². The molecule has 2 heterocycles. The van der Waals surface area contributed by atoms with Gasteiger partial charge in [-0.1, -0.05) is 0 Å². The van der Waals surface area contributed by atoms with Crippen LogP contribution in [0.5, 0.6) is 0 Å². The highest BCUT2D eigenvalue weighted by Gasteiger charge is 2.12. The van der Waals surface area contributed by atoms with Crippen LogP contribution in [-0.2, 0) is 0 Å². The van der Waals surface area contributed by atoms with Crippen LogP contribution in [0, 0.1) is 0 Å². The van der Waals surface area contributed by atoms with Crippen molar-refractivity contribution < 1.29 is 4.79 Å². The molecule has 1 amide bonds. The van der Waals surface area contributed by atoms with Gasteiger partial charge in [0.25, 0.3) is 5.91 Å². The van der Waals surface area contributed by atoms with Crippen molar-refractivity contribution in [3.63, 3.8) is 0 Å². The van der Waals surface area contributed by atoms with Crippen LogP contribution in [0.15, 0.2) is 48.2 Å². The number of fused-ring (bicyclic) bond motifs is 1. The summed E-state index contributed by atoms with van der Waals surface area (Å²) in [6.45, 7) is 1.96. The van der Waals surface area contributed by atoms with E-state index in [2.05, 4.69) is 15.3 Å². The van der Waals surface area contributed by atoms with Crippen molar-refractivity contribution in [2.45, 2.75) is 13.0 Å². The van der Waals surface area contributed by atoms with Gasteiger partial charge in [0, 0.05) is 18.0 Å². The minimum atomic E-state index is -0.0791. The molecular formula is C15H13N3OS. The van der Waals surface area contributed by atoms with Gasteiger partial charge in [-0.2, -0.15) is 0 Å². The standard InChI is InChI=1S/C15H13N3OS/c1-10(11-4-6-16-7-5-11)18-15(19)12-2-3-13-14(8-12)20-9-17-13/h2-10H,1H3,(H,18,19). The van der Waals surface area contributed by atoms with Crippen molar-refractivity contribution in [3.05, 3.63) is 59.4 Å². The maximum absolute atomic E-state index is 12.3. The van der Waals surface area contributed by atoms with Crippen molar-refractivity contribution >= 4 is 27.5 Å². The molecule has 0 radical (unpaired) electrons. The van der Waals surface area contributed by atoms with Gasteiger partial charge in [0.15, 0.2) is 0 Å².